The van der Waals surface area contributed by atoms with Gasteiger partial charge in [0.25, 0.3) is 0 Å². The topological polar surface area (TPSA) is 49.3 Å². The fourth-order valence-corrected chi connectivity index (χ4v) is 2.80. The second kappa shape index (κ2) is 6.99. The molecule has 2 atom stereocenters. The minimum Gasteiger partial charge on any atom is -0.384 e. The van der Waals surface area contributed by atoms with Gasteiger partial charge in [0.2, 0.25) is 5.91 Å². The van der Waals surface area contributed by atoms with Crippen LogP contribution in [0.4, 0.5) is 0 Å². The molecular weight excluding hydrogens is 310 g/mol. The van der Waals surface area contributed by atoms with Gasteiger partial charge in [0.05, 0.1) is 6.10 Å². The van der Waals surface area contributed by atoms with Crippen molar-refractivity contribution in [2.45, 2.75) is 25.0 Å². The van der Waals surface area contributed by atoms with Gasteiger partial charge in [0.15, 0.2) is 0 Å². The van der Waals surface area contributed by atoms with Crippen LogP contribution in [0.1, 0.15) is 24.5 Å². The van der Waals surface area contributed by atoms with E-state index >= 15 is 0 Å². The predicted molar refractivity (Wildman–Crippen MR) is 92.2 cm³/mol. The molecule has 0 saturated carbocycles. The van der Waals surface area contributed by atoms with E-state index < -0.39 is 6.10 Å². The molecule has 1 heterocycles. The van der Waals surface area contributed by atoms with Gasteiger partial charge in [0.1, 0.15) is 0 Å². The molecule has 0 aliphatic carbocycles. The second-order valence-corrected chi connectivity index (χ2v) is 6.11. The van der Waals surface area contributed by atoms with Crippen molar-refractivity contribution in [2.75, 3.05) is 0 Å². The number of carbonyl (C=O) groups excluding carboxylic acids is 1. The molecule has 1 aliphatic heterocycles. The molecular formula is C19H18ClNO2. The number of amides is 1. The Kier molecular flexibility index (Phi) is 4.79. The van der Waals surface area contributed by atoms with Gasteiger partial charge >= 0.3 is 0 Å². The summed E-state index contributed by atoms with van der Waals surface area (Å²) in [6, 6.07) is 15.4. The third-order valence-electron chi connectivity index (χ3n) is 3.96. The minimum absolute atomic E-state index is 0.0246. The second-order valence-electron chi connectivity index (χ2n) is 5.67. The van der Waals surface area contributed by atoms with E-state index in [9.17, 15) is 9.90 Å². The Morgan fingerprint density at radius 2 is 1.96 bits per heavy atom. The summed E-state index contributed by atoms with van der Waals surface area (Å²) in [5.41, 5.74) is 2.90. The molecule has 0 spiro atoms. The molecule has 23 heavy (non-hydrogen) atoms. The molecule has 2 aromatic carbocycles. The molecule has 1 fully saturated rings. The Labute approximate surface area is 140 Å². The average molecular weight is 328 g/mol. The summed E-state index contributed by atoms with van der Waals surface area (Å²) in [6.45, 7) is 0. The van der Waals surface area contributed by atoms with Crippen LogP contribution in [0.5, 0.6) is 0 Å². The van der Waals surface area contributed by atoms with E-state index in [2.05, 4.69) is 5.32 Å². The standard InChI is InChI=1S/C19H18ClNO2/c20-16-6-4-13(5-7-16)14-2-1-3-15(12-14)18(22)10-8-17-9-11-19(23)21-17/h1-8,10,12,17-18,22H,9,11H2,(H,21,23)/b10-8+/t17-,18?/m0/s1. The van der Waals surface area contributed by atoms with Gasteiger partial charge < -0.3 is 10.4 Å². The van der Waals surface area contributed by atoms with Crippen LogP contribution < -0.4 is 5.32 Å². The Hall–Kier alpha value is -2.10. The molecule has 2 aromatic rings. The summed E-state index contributed by atoms with van der Waals surface area (Å²) in [4.78, 5) is 11.2. The zero-order chi connectivity index (χ0) is 16.2. The largest absolute Gasteiger partial charge is 0.384 e. The van der Waals surface area contributed by atoms with Gasteiger partial charge in [-0.1, -0.05) is 54.1 Å². The van der Waals surface area contributed by atoms with E-state index in [4.69, 9.17) is 11.6 Å². The molecule has 1 saturated heterocycles. The van der Waals surface area contributed by atoms with Crippen molar-refractivity contribution in [3.63, 3.8) is 0 Å². The molecule has 0 radical (unpaired) electrons. The maximum atomic E-state index is 11.2. The lowest BCUT2D eigenvalue weighted by molar-refractivity contribution is -0.119. The first-order valence-corrected chi connectivity index (χ1v) is 8.01. The summed E-state index contributed by atoms with van der Waals surface area (Å²) in [5.74, 6) is 0.0684. The zero-order valence-corrected chi connectivity index (χ0v) is 13.3. The first-order valence-electron chi connectivity index (χ1n) is 7.63. The molecule has 0 bridgehead atoms. The lowest BCUT2D eigenvalue weighted by Crippen LogP contribution is -2.23. The third kappa shape index (κ3) is 4.01. The summed E-state index contributed by atoms with van der Waals surface area (Å²) < 4.78 is 0. The number of halogens is 1. The number of hydrogen-bond acceptors (Lipinski definition) is 2. The monoisotopic (exact) mass is 327 g/mol. The maximum absolute atomic E-state index is 11.2. The molecule has 2 N–H and O–H groups in total. The van der Waals surface area contributed by atoms with E-state index in [1.807, 2.05) is 54.6 Å². The maximum Gasteiger partial charge on any atom is 0.220 e. The predicted octanol–water partition coefficient (Wildman–Crippen LogP) is 3.88. The van der Waals surface area contributed by atoms with Crippen molar-refractivity contribution in [1.82, 2.24) is 5.32 Å². The van der Waals surface area contributed by atoms with E-state index in [1.54, 1.807) is 6.08 Å². The highest BCUT2D eigenvalue weighted by Crippen LogP contribution is 2.25. The highest BCUT2D eigenvalue weighted by atomic mass is 35.5. The lowest BCUT2D eigenvalue weighted by Gasteiger charge is -2.10. The van der Waals surface area contributed by atoms with Crippen LogP contribution in [0, 0.1) is 0 Å². The summed E-state index contributed by atoms with van der Waals surface area (Å²) in [7, 11) is 0. The molecule has 118 valence electrons. The fourth-order valence-electron chi connectivity index (χ4n) is 2.68. The SMILES string of the molecule is O=C1CC[C@H](/C=C/C(O)c2cccc(-c3ccc(Cl)cc3)c2)N1. The fraction of sp³-hybridized carbons (Fsp3) is 0.211. The van der Waals surface area contributed by atoms with Crippen LogP contribution in [0.15, 0.2) is 60.7 Å². The normalized spacial score (nSPS) is 19.0. The van der Waals surface area contributed by atoms with Gasteiger partial charge in [-0.3, -0.25) is 4.79 Å². The highest BCUT2D eigenvalue weighted by molar-refractivity contribution is 6.30. The number of aliphatic hydroxyl groups excluding tert-OH is 1. The van der Waals surface area contributed by atoms with Crippen LogP contribution in [0.3, 0.4) is 0 Å². The van der Waals surface area contributed by atoms with E-state index in [0.717, 1.165) is 23.1 Å². The molecule has 1 amide bonds. The summed E-state index contributed by atoms with van der Waals surface area (Å²) >= 11 is 5.92. The molecule has 0 aromatic heterocycles. The quantitative estimate of drug-likeness (QED) is 0.837. The molecule has 3 nitrogen and oxygen atoms in total. The smallest absolute Gasteiger partial charge is 0.220 e. The number of aliphatic hydroxyl groups is 1. The van der Waals surface area contributed by atoms with E-state index in [-0.39, 0.29) is 11.9 Å². The number of benzene rings is 2. The van der Waals surface area contributed by atoms with Crippen LogP contribution in [-0.2, 0) is 4.79 Å². The van der Waals surface area contributed by atoms with Crippen LogP contribution >= 0.6 is 11.6 Å². The van der Waals surface area contributed by atoms with Gasteiger partial charge in [-0.25, -0.2) is 0 Å². The van der Waals surface area contributed by atoms with Gasteiger partial charge in [-0.15, -0.1) is 0 Å². The zero-order valence-electron chi connectivity index (χ0n) is 12.6. The van der Waals surface area contributed by atoms with E-state index in [1.165, 1.54) is 0 Å². The lowest BCUT2D eigenvalue weighted by atomic mass is 10.00. The Balaban J connectivity index is 1.75. The number of nitrogens with one attached hydrogen (secondary N) is 1. The Morgan fingerprint density at radius 3 is 2.65 bits per heavy atom. The average Bonchev–Trinajstić information content (AvgIpc) is 2.99. The van der Waals surface area contributed by atoms with Crippen molar-refractivity contribution in [2.24, 2.45) is 0 Å². The first-order chi connectivity index (χ1) is 11.1. The molecule has 1 aliphatic rings. The van der Waals surface area contributed by atoms with Crippen molar-refractivity contribution in [3.05, 3.63) is 71.3 Å². The third-order valence-corrected chi connectivity index (χ3v) is 4.21. The Morgan fingerprint density at radius 1 is 1.17 bits per heavy atom. The highest BCUT2D eigenvalue weighted by Gasteiger charge is 2.18. The molecule has 1 unspecified atom stereocenters. The van der Waals surface area contributed by atoms with Crippen LogP contribution in [0.25, 0.3) is 11.1 Å². The van der Waals surface area contributed by atoms with Crippen molar-refractivity contribution in [1.29, 1.82) is 0 Å². The van der Waals surface area contributed by atoms with Crippen molar-refractivity contribution >= 4 is 17.5 Å². The number of rotatable bonds is 4. The molecule has 4 heteroatoms. The summed E-state index contributed by atoms with van der Waals surface area (Å²) in [5, 5.41) is 13.9. The van der Waals surface area contributed by atoms with E-state index in [0.29, 0.717) is 11.4 Å². The summed E-state index contributed by atoms with van der Waals surface area (Å²) in [6.07, 6.45) is 4.24. The van der Waals surface area contributed by atoms with Gasteiger partial charge in [0, 0.05) is 17.5 Å². The molecule has 3 rings (SSSR count). The number of carbonyl (C=O) groups is 1. The van der Waals surface area contributed by atoms with Gasteiger partial charge in [-0.2, -0.15) is 0 Å². The van der Waals surface area contributed by atoms with Gasteiger partial charge in [-0.05, 0) is 41.3 Å². The first kappa shape index (κ1) is 15.8. The van der Waals surface area contributed by atoms with Crippen LogP contribution in [-0.4, -0.2) is 17.1 Å². The van der Waals surface area contributed by atoms with Crippen molar-refractivity contribution < 1.29 is 9.90 Å². The van der Waals surface area contributed by atoms with Crippen molar-refractivity contribution in [3.8, 4) is 11.1 Å². The van der Waals surface area contributed by atoms with Crippen LogP contribution in [0.2, 0.25) is 5.02 Å². The Bertz CT molecular complexity index is 724. The number of hydrogen-bond donors (Lipinski definition) is 2. The minimum atomic E-state index is -0.695.